The summed E-state index contributed by atoms with van der Waals surface area (Å²) in [6.07, 6.45) is 0.600. The van der Waals surface area contributed by atoms with E-state index in [2.05, 4.69) is 10.3 Å². The Labute approximate surface area is 156 Å². The van der Waals surface area contributed by atoms with E-state index in [-0.39, 0.29) is 29.9 Å². The predicted molar refractivity (Wildman–Crippen MR) is 99.6 cm³/mol. The van der Waals surface area contributed by atoms with Crippen molar-refractivity contribution in [3.63, 3.8) is 0 Å². The van der Waals surface area contributed by atoms with Crippen molar-refractivity contribution >= 4 is 27.1 Å². The molecule has 1 atom stereocenters. The van der Waals surface area contributed by atoms with Crippen LogP contribution in [0.2, 0.25) is 0 Å². The number of ether oxygens (including phenoxy) is 2. The molecule has 140 valence electrons. The minimum atomic E-state index is -3.01. The highest BCUT2D eigenvalue weighted by atomic mass is 32.2. The lowest BCUT2D eigenvalue weighted by molar-refractivity contribution is -0.121. The zero-order chi connectivity index (χ0) is 18.7. The summed E-state index contributed by atoms with van der Waals surface area (Å²) in [6.45, 7) is 0. The van der Waals surface area contributed by atoms with Gasteiger partial charge in [-0.15, -0.1) is 11.3 Å². The van der Waals surface area contributed by atoms with Crippen LogP contribution in [0.15, 0.2) is 23.6 Å². The van der Waals surface area contributed by atoms with Gasteiger partial charge in [-0.25, -0.2) is 13.4 Å². The maximum atomic E-state index is 12.1. The number of thiazole rings is 1. The Morgan fingerprint density at radius 1 is 1.31 bits per heavy atom. The molecule has 1 saturated heterocycles. The number of hydrogen-bond donors (Lipinski definition) is 1. The molecule has 2 heterocycles. The normalized spacial score (nSPS) is 18.5. The molecule has 0 spiro atoms. The number of benzene rings is 1. The van der Waals surface area contributed by atoms with E-state index < -0.39 is 9.84 Å². The third-order valence-corrected chi connectivity index (χ3v) is 6.83. The molecule has 1 unspecified atom stereocenters. The number of rotatable bonds is 6. The Morgan fingerprint density at radius 2 is 2.08 bits per heavy atom. The first-order valence-electron chi connectivity index (χ1n) is 8.07. The van der Waals surface area contributed by atoms with Gasteiger partial charge in [0.15, 0.2) is 21.3 Å². The van der Waals surface area contributed by atoms with Crippen molar-refractivity contribution in [3.8, 4) is 22.1 Å². The molecule has 1 N–H and O–H groups in total. The molecule has 7 nitrogen and oxygen atoms in total. The third-order valence-electron chi connectivity index (χ3n) is 4.12. The highest BCUT2D eigenvalue weighted by molar-refractivity contribution is 7.91. The second-order valence-corrected chi connectivity index (χ2v) is 9.14. The lowest BCUT2D eigenvalue weighted by atomic mass is 10.2. The molecule has 1 aromatic carbocycles. The Balaban J connectivity index is 1.65. The van der Waals surface area contributed by atoms with E-state index in [1.807, 2.05) is 23.6 Å². The van der Waals surface area contributed by atoms with Crippen molar-refractivity contribution < 1.29 is 22.7 Å². The monoisotopic (exact) mass is 396 g/mol. The van der Waals surface area contributed by atoms with Crippen LogP contribution in [0, 0.1) is 0 Å². The fourth-order valence-electron chi connectivity index (χ4n) is 2.84. The average Bonchev–Trinajstić information content (AvgIpc) is 3.20. The highest BCUT2D eigenvalue weighted by Crippen LogP contribution is 2.33. The number of carbonyl (C=O) groups excluding carboxylic acids is 1. The van der Waals surface area contributed by atoms with E-state index in [4.69, 9.17) is 9.47 Å². The van der Waals surface area contributed by atoms with Gasteiger partial charge in [0, 0.05) is 17.0 Å². The largest absolute Gasteiger partial charge is 0.493 e. The molecular weight excluding hydrogens is 376 g/mol. The molecule has 1 aromatic heterocycles. The van der Waals surface area contributed by atoms with Crippen LogP contribution in [-0.2, 0) is 21.1 Å². The zero-order valence-electron chi connectivity index (χ0n) is 14.5. The predicted octanol–water partition coefficient (Wildman–Crippen LogP) is 1.67. The van der Waals surface area contributed by atoms with Gasteiger partial charge in [0.2, 0.25) is 5.91 Å². The number of aromatic nitrogens is 1. The Hall–Kier alpha value is -2.13. The Bertz CT molecular complexity index is 908. The maximum absolute atomic E-state index is 12.1. The summed E-state index contributed by atoms with van der Waals surface area (Å²) >= 11 is 1.44. The molecule has 2 aromatic rings. The van der Waals surface area contributed by atoms with Crippen molar-refractivity contribution in [2.45, 2.75) is 18.9 Å². The quantitative estimate of drug-likeness (QED) is 0.798. The van der Waals surface area contributed by atoms with E-state index in [1.165, 1.54) is 11.3 Å². The van der Waals surface area contributed by atoms with Crippen LogP contribution < -0.4 is 14.8 Å². The van der Waals surface area contributed by atoms with E-state index in [0.717, 1.165) is 10.6 Å². The first-order valence-corrected chi connectivity index (χ1v) is 10.8. The average molecular weight is 396 g/mol. The van der Waals surface area contributed by atoms with Gasteiger partial charge in [0.25, 0.3) is 0 Å². The Morgan fingerprint density at radius 3 is 2.73 bits per heavy atom. The summed E-state index contributed by atoms with van der Waals surface area (Å²) in [6, 6.07) is 5.23. The number of nitrogens with zero attached hydrogens (tertiary/aromatic N) is 1. The van der Waals surface area contributed by atoms with Crippen LogP contribution in [-0.4, -0.2) is 51.1 Å². The second-order valence-electron chi connectivity index (χ2n) is 6.06. The number of nitrogens with one attached hydrogen (secondary N) is 1. The van der Waals surface area contributed by atoms with Gasteiger partial charge in [-0.05, 0) is 24.6 Å². The molecular formula is C17H20N2O5S2. The Kier molecular flexibility index (Phi) is 5.47. The fraction of sp³-hybridized carbons (Fsp3) is 0.412. The number of hydrogen-bond acceptors (Lipinski definition) is 7. The molecule has 1 aliphatic heterocycles. The summed E-state index contributed by atoms with van der Waals surface area (Å²) in [5, 5.41) is 5.38. The van der Waals surface area contributed by atoms with E-state index in [1.54, 1.807) is 14.2 Å². The first kappa shape index (κ1) is 18.7. The van der Waals surface area contributed by atoms with Crippen LogP contribution in [0.3, 0.4) is 0 Å². The van der Waals surface area contributed by atoms with Crippen LogP contribution in [0.1, 0.15) is 12.1 Å². The molecule has 0 bridgehead atoms. The molecule has 0 radical (unpaired) electrons. The molecule has 1 fully saturated rings. The van der Waals surface area contributed by atoms with Crippen molar-refractivity contribution in [3.05, 3.63) is 29.3 Å². The maximum Gasteiger partial charge on any atom is 0.226 e. The van der Waals surface area contributed by atoms with E-state index >= 15 is 0 Å². The summed E-state index contributed by atoms with van der Waals surface area (Å²) in [4.78, 5) is 16.6. The van der Waals surface area contributed by atoms with Gasteiger partial charge < -0.3 is 14.8 Å². The lowest BCUT2D eigenvalue weighted by Gasteiger charge is -2.09. The van der Waals surface area contributed by atoms with Crippen molar-refractivity contribution in [2.24, 2.45) is 0 Å². The minimum Gasteiger partial charge on any atom is -0.493 e. The second kappa shape index (κ2) is 7.63. The van der Waals surface area contributed by atoms with Gasteiger partial charge in [0.1, 0.15) is 5.01 Å². The van der Waals surface area contributed by atoms with Gasteiger partial charge in [-0.1, -0.05) is 0 Å². The summed E-state index contributed by atoms with van der Waals surface area (Å²) in [7, 11) is 0.140. The van der Waals surface area contributed by atoms with E-state index in [0.29, 0.717) is 23.6 Å². The third kappa shape index (κ3) is 4.34. The van der Waals surface area contributed by atoms with Gasteiger partial charge in [0.05, 0.1) is 37.8 Å². The van der Waals surface area contributed by atoms with Crippen LogP contribution in [0.25, 0.3) is 10.6 Å². The number of sulfone groups is 1. The summed E-state index contributed by atoms with van der Waals surface area (Å²) in [5.41, 5.74) is 1.53. The van der Waals surface area contributed by atoms with Crippen molar-refractivity contribution in [1.29, 1.82) is 0 Å². The van der Waals surface area contributed by atoms with Gasteiger partial charge in [-0.3, -0.25) is 4.79 Å². The molecule has 1 amide bonds. The first-order chi connectivity index (χ1) is 12.4. The molecule has 9 heteroatoms. The van der Waals surface area contributed by atoms with Gasteiger partial charge in [-0.2, -0.15) is 0 Å². The zero-order valence-corrected chi connectivity index (χ0v) is 16.2. The molecule has 0 saturated carbocycles. The van der Waals surface area contributed by atoms with Gasteiger partial charge >= 0.3 is 0 Å². The number of methoxy groups -OCH3 is 2. The lowest BCUT2D eigenvalue weighted by Crippen LogP contribution is -2.36. The number of carbonyl (C=O) groups is 1. The summed E-state index contributed by atoms with van der Waals surface area (Å²) < 4.78 is 33.4. The van der Waals surface area contributed by atoms with Crippen molar-refractivity contribution in [1.82, 2.24) is 10.3 Å². The summed E-state index contributed by atoms with van der Waals surface area (Å²) in [5.74, 6) is 1.20. The molecule has 1 aliphatic rings. The SMILES string of the molecule is COc1ccc(-c2nc(CC(=O)NC3CCS(=O)(=O)C3)cs2)cc1OC. The molecule has 3 rings (SSSR count). The highest BCUT2D eigenvalue weighted by Gasteiger charge is 2.28. The minimum absolute atomic E-state index is 0.0205. The molecule has 0 aliphatic carbocycles. The van der Waals surface area contributed by atoms with Crippen LogP contribution >= 0.6 is 11.3 Å². The topological polar surface area (TPSA) is 94.6 Å². The van der Waals surface area contributed by atoms with E-state index in [9.17, 15) is 13.2 Å². The van der Waals surface area contributed by atoms with Crippen molar-refractivity contribution in [2.75, 3.05) is 25.7 Å². The van der Waals surface area contributed by atoms with Crippen LogP contribution in [0.4, 0.5) is 0 Å². The number of amides is 1. The smallest absolute Gasteiger partial charge is 0.226 e. The fourth-order valence-corrected chi connectivity index (χ4v) is 5.33. The molecule has 26 heavy (non-hydrogen) atoms. The van der Waals surface area contributed by atoms with Crippen LogP contribution in [0.5, 0.6) is 11.5 Å². The standard InChI is InChI=1S/C17H20N2O5S2/c1-23-14-4-3-11(7-15(14)24-2)17-19-13(9-25-17)8-16(20)18-12-5-6-26(21,22)10-12/h3-4,7,9,12H,5-6,8,10H2,1-2H3,(H,18,20).